The highest BCUT2D eigenvalue weighted by Crippen LogP contribution is 2.30. The molecular weight excluding hydrogens is 324 g/mol. The molecular formula is C17H26N4O2S. The van der Waals surface area contributed by atoms with Gasteiger partial charge >= 0.3 is 0 Å². The van der Waals surface area contributed by atoms with Crippen LogP contribution in [0.2, 0.25) is 0 Å². The van der Waals surface area contributed by atoms with Crippen LogP contribution in [0.15, 0.2) is 18.5 Å². The number of nitrogens with zero attached hydrogens (tertiary/aromatic N) is 3. The van der Waals surface area contributed by atoms with Crippen molar-refractivity contribution in [2.75, 3.05) is 18.8 Å². The first-order valence-corrected chi connectivity index (χ1v) is 9.65. The normalized spacial score (nSPS) is 24.7. The highest BCUT2D eigenvalue weighted by molar-refractivity contribution is 8.01. The van der Waals surface area contributed by atoms with Gasteiger partial charge in [0.25, 0.3) is 0 Å². The lowest BCUT2D eigenvalue weighted by Crippen LogP contribution is -2.58. The molecule has 132 valence electrons. The molecule has 3 rings (SSSR count). The fourth-order valence-corrected chi connectivity index (χ4v) is 4.27. The van der Waals surface area contributed by atoms with Crippen LogP contribution < -0.4 is 5.32 Å². The van der Waals surface area contributed by atoms with Gasteiger partial charge in [0.15, 0.2) is 0 Å². The predicted molar refractivity (Wildman–Crippen MR) is 94.6 cm³/mol. The van der Waals surface area contributed by atoms with Crippen molar-refractivity contribution in [1.29, 1.82) is 0 Å². The molecule has 2 amide bonds. The molecule has 0 bridgehead atoms. The first-order valence-electron chi connectivity index (χ1n) is 8.67. The van der Waals surface area contributed by atoms with Gasteiger partial charge in [0.05, 0.1) is 4.75 Å². The quantitative estimate of drug-likeness (QED) is 0.894. The molecule has 2 fully saturated rings. The Labute approximate surface area is 147 Å². The molecule has 0 radical (unpaired) electrons. The van der Waals surface area contributed by atoms with Crippen LogP contribution in [0.5, 0.6) is 0 Å². The van der Waals surface area contributed by atoms with Gasteiger partial charge in [-0.1, -0.05) is 0 Å². The average Bonchev–Trinajstić information content (AvgIpc) is 3.09. The van der Waals surface area contributed by atoms with E-state index in [-0.39, 0.29) is 17.9 Å². The number of aromatic nitrogens is 2. The summed E-state index contributed by atoms with van der Waals surface area (Å²) in [5.41, 5.74) is 0. The minimum Gasteiger partial charge on any atom is -0.342 e. The third kappa shape index (κ3) is 3.94. The lowest BCUT2D eigenvalue weighted by Gasteiger charge is -2.38. The van der Waals surface area contributed by atoms with E-state index in [4.69, 9.17) is 0 Å². The maximum absolute atomic E-state index is 12.6. The number of carbonyl (C=O) groups is 2. The summed E-state index contributed by atoms with van der Waals surface area (Å²) in [7, 11) is 0. The molecule has 2 aliphatic heterocycles. The Morgan fingerprint density at radius 3 is 2.79 bits per heavy atom. The summed E-state index contributed by atoms with van der Waals surface area (Å²) in [5, 5.41) is 7.13. The van der Waals surface area contributed by atoms with E-state index in [0.717, 1.165) is 38.9 Å². The second-order valence-corrected chi connectivity index (χ2v) is 8.82. The Bertz CT molecular complexity index is 579. The van der Waals surface area contributed by atoms with Gasteiger partial charge in [-0.25, -0.2) is 0 Å². The van der Waals surface area contributed by atoms with Crippen molar-refractivity contribution in [2.45, 2.75) is 50.4 Å². The second-order valence-electron chi connectivity index (χ2n) is 7.17. The van der Waals surface area contributed by atoms with E-state index in [0.29, 0.717) is 11.7 Å². The van der Waals surface area contributed by atoms with Gasteiger partial charge in [-0.05, 0) is 45.1 Å². The standard InChI is InChI=1S/C17H26N4O2S/c1-17(2)16(23)19-14(12-24-17)15(22)20-9-4-13(5-10-20)6-11-21-8-3-7-18-21/h3,7-8,13-14H,4-6,9-12H2,1-2H3,(H,19,23)/t14-/m0/s1. The molecule has 24 heavy (non-hydrogen) atoms. The zero-order chi connectivity index (χ0) is 17.2. The van der Waals surface area contributed by atoms with Crippen LogP contribution in [-0.2, 0) is 16.1 Å². The fraction of sp³-hybridized carbons (Fsp3) is 0.706. The number of aryl methyl sites for hydroxylation is 1. The number of amides is 2. The lowest BCUT2D eigenvalue weighted by molar-refractivity contribution is -0.137. The molecule has 0 aliphatic carbocycles. The Balaban J connectivity index is 1.44. The second kappa shape index (κ2) is 7.17. The topological polar surface area (TPSA) is 67.2 Å². The summed E-state index contributed by atoms with van der Waals surface area (Å²) >= 11 is 1.57. The zero-order valence-electron chi connectivity index (χ0n) is 14.4. The first kappa shape index (κ1) is 17.3. The summed E-state index contributed by atoms with van der Waals surface area (Å²) in [6, 6.07) is 1.58. The number of carbonyl (C=O) groups excluding carboxylic acids is 2. The van der Waals surface area contributed by atoms with E-state index < -0.39 is 4.75 Å². The van der Waals surface area contributed by atoms with E-state index in [1.54, 1.807) is 18.0 Å². The van der Waals surface area contributed by atoms with Crippen molar-refractivity contribution in [3.8, 4) is 0 Å². The lowest BCUT2D eigenvalue weighted by atomic mass is 9.93. The van der Waals surface area contributed by atoms with Gasteiger partial charge in [-0.2, -0.15) is 5.10 Å². The number of likely N-dealkylation sites (tertiary alicyclic amines) is 1. The number of hydrogen-bond donors (Lipinski definition) is 1. The number of hydrogen-bond acceptors (Lipinski definition) is 4. The molecule has 1 N–H and O–H groups in total. The molecule has 2 saturated heterocycles. The number of nitrogens with one attached hydrogen (secondary N) is 1. The Kier molecular flexibility index (Phi) is 5.18. The molecule has 7 heteroatoms. The molecule has 6 nitrogen and oxygen atoms in total. The third-order valence-corrected chi connectivity index (χ3v) is 6.42. The third-order valence-electron chi connectivity index (χ3n) is 5.01. The number of rotatable bonds is 4. The molecule has 0 unspecified atom stereocenters. The highest BCUT2D eigenvalue weighted by atomic mass is 32.2. The minimum absolute atomic E-state index is 0.0359. The Morgan fingerprint density at radius 2 is 2.17 bits per heavy atom. The van der Waals surface area contributed by atoms with Gasteiger partial charge in [0.2, 0.25) is 11.8 Å². The average molecular weight is 350 g/mol. The van der Waals surface area contributed by atoms with Crippen LogP contribution in [0.3, 0.4) is 0 Å². The van der Waals surface area contributed by atoms with E-state index >= 15 is 0 Å². The summed E-state index contributed by atoms with van der Waals surface area (Å²) in [4.78, 5) is 26.6. The van der Waals surface area contributed by atoms with Crippen LogP contribution in [0.1, 0.15) is 33.1 Å². The predicted octanol–water partition coefficient (Wildman–Crippen LogP) is 1.52. The van der Waals surface area contributed by atoms with E-state index in [1.165, 1.54) is 0 Å². The van der Waals surface area contributed by atoms with E-state index in [1.807, 2.05) is 35.7 Å². The van der Waals surface area contributed by atoms with Crippen LogP contribution in [-0.4, -0.2) is 56.1 Å². The molecule has 3 heterocycles. The smallest absolute Gasteiger partial charge is 0.246 e. The fourth-order valence-electron chi connectivity index (χ4n) is 3.27. The number of piperidine rings is 1. The summed E-state index contributed by atoms with van der Waals surface area (Å²) in [6.07, 6.45) is 6.97. The van der Waals surface area contributed by atoms with Crippen molar-refractivity contribution < 1.29 is 9.59 Å². The minimum atomic E-state index is -0.434. The Hall–Kier alpha value is -1.50. The summed E-state index contributed by atoms with van der Waals surface area (Å²) in [6.45, 7) is 6.33. The van der Waals surface area contributed by atoms with Crippen molar-refractivity contribution in [3.63, 3.8) is 0 Å². The van der Waals surface area contributed by atoms with Crippen LogP contribution in [0.25, 0.3) is 0 Å². The van der Waals surface area contributed by atoms with Crippen molar-refractivity contribution in [1.82, 2.24) is 20.0 Å². The first-order chi connectivity index (χ1) is 11.5. The number of thioether (sulfide) groups is 1. The van der Waals surface area contributed by atoms with Gasteiger partial charge in [-0.3, -0.25) is 14.3 Å². The van der Waals surface area contributed by atoms with Crippen LogP contribution in [0.4, 0.5) is 0 Å². The SMILES string of the molecule is CC1(C)SC[C@@H](C(=O)N2CCC(CCn3cccn3)CC2)NC1=O. The van der Waals surface area contributed by atoms with Gasteiger partial charge in [0, 0.05) is 37.8 Å². The molecule has 0 saturated carbocycles. The van der Waals surface area contributed by atoms with Crippen LogP contribution in [0, 0.1) is 5.92 Å². The van der Waals surface area contributed by atoms with E-state index in [9.17, 15) is 9.59 Å². The van der Waals surface area contributed by atoms with Gasteiger partial charge < -0.3 is 10.2 Å². The van der Waals surface area contributed by atoms with Crippen LogP contribution >= 0.6 is 11.8 Å². The zero-order valence-corrected chi connectivity index (χ0v) is 15.2. The Morgan fingerprint density at radius 1 is 1.42 bits per heavy atom. The highest BCUT2D eigenvalue weighted by Gasteiger charge is 2.39. The molecule has 1 atom stereocenters. The van der Waals surface area contributed by atoms with Gasteiger partial charge in [0.1, 0.15) is 6.04 Å². The molecule has 1 aromatic rings. The van der Waals surface area contributed by atoms with E-state index in [2.05, 4.69) is 10.4 Å². The van der Waals surface area contributed by atoms with Crippen molar-refractivity contribution in [2.24, 2.45) is 5.92 Å². The molecule has 0 spiro atoms. The maximum atomic E-state index is 12.6. The molecule has 2 aliphatic rings. The van der Waals surface area contributed by atoms with Crippen molar-refractivity contribution in [3.05, 3.63) is 18.5 Å². The summed E-state index contributed by atoms with van der Waals surface area (Å²) < 4.78 is 1.53. The largest absolute Gasteiger partial charge is 0.342 e. The summed E-state index contributed by atoms with van der Waals surface area (Å²) in [5.74, 6) is 1.35. The van der Waals surface area contributed by atoms with Crippen molar-refractivity contribution >= 4 is 23.6 Å². The monoisotopic (exact) mass is 350 g/mol. The van der Waals surface area contributed by atoms with Gasteiger partial charge in [-0.15, -0.1) is 11.8 Å². The maximum Gasteiger partial charge on any atom is 0.246 e. The molecule has 0 aromatic carbocycles. The molecule has 1 aromatic heterocycles.